The monoisotopic (exact) mass is 330 g/mol. The molecule has 0 saturated carbocycles. The van der Waals surface area contributed by atoms with E-state index in [2.05, 4.69) is 9.71 Å². The van der Waals surface area contributed by atoms with Gasteiger partial charge < -0.3 is 15.2 Å². The van der Waals surface area contributed by atoms with Gasteiger partial charge in [-0.2, -0.15) is 0 Å². The number of rotatable bonds is 4. The van der Waals surface area contributed by atoms with Crippen LogP contribution in [0.5, 0.6) is 5.75 Å². The number of anilines is 1. The van der Waals surface area contributed by atoms with Gasteiger partial charge in [-0.05, 0) is 25.1 Å². The zero-order chi connectivity index (χ0) is 15.8. The van der Waals surface area contributed by atoms with Gasteiger partial charge in [-0.3, -0.25) is 9.52 Å². The molecule has 0 amide bonds. The molecule has 1 heterocycles. The van der Waals surface area contributed by atoms with Crippen LogP contribution in [0.25, 0.3) is 0 Å². The van der Waals surface area contributed by atoms with E-state index in [1.54, 1.807) is 0 Å². The van der Waals surface area contributed by atoms with Gasteiger partial charge in [-0.1, -0.05) is 11.3 Å². The second kappa shape index (κ2) is 5.22. The number of aromatic carboxylic acids is 1. The summed E-state index contributed by atoms with van der Waals surface area (Å²) in [5.41, 5.74) is -0.283. The van der Waals surface area contributed by atoms with E-state index in [9.17, 15) is 23.1 Å². The molecule has 0 spiro atoms. The summed E-state index contributed by atoms with van der Waals surface area (Å²) in [6, 6.07) is 3.26. The Hall–Kier alpha value is -2.33. The standard InChI is InChI=1S/C11H10N2O6S2/c1-5-10(20-11(17)12-5)21(18,19)13-6-2-3-8(14)7(4-6)9(15)16/h2-4,13-14H,1H3,(H,12,17)(H,15,16). The molecular weight excluding hydrogens is 320 g/mol. The topological polar surface area (TPSA) is 137 Å². The number of carbonyl (C=O) groups is 1. The van der Waals surface area contributed by atoms with Crippen molar-refractivity contribution in [2.75, 3.05) is 4.72 Å². The number of aromatic amines is 1. The third-order valence-electron chi connectivity index (χ3n) is 2.50. The van der Waals surface area contributed by atoms with Crippen LogP contribution >= 0.6 is 11.3 Å². The maximum Gasteiger partial charge on any atom is 0.339 e. The Balaban J connectivity index is 2.42. The lowest BCUT2D eigenvalue weighted by Crippen LogP contribution is -2.13. The number of thiazole rings is 1. The molecule has 4 N–H and O–H groups in total. The van der Waals surface area contributed by atoms with Gasteiger partial charge in [0.2, 0.25) is 0 Å². The van der Waals surface area contributed by atoms with E-state index < -0.39 is 32.2 Å². The lowest BCUT2D eigenvalue weighted by atomic mass is 10.2. The average Bonchev–Trinajstić information content (AvgIpc) is 2.71. The molecule has 112 valence electrons. The molecule has 0 saturated heterocycles. The molecule has 0 aliphatic carbocycles. The Labute approximate surface area is 122 Å². The van der Waals surface area contributed by atoms with Gasteiger partial charge in [-0.15, -0.1) is 0 Å². The van der Waals surface area contributed by atoms with Crippen LogP contribution < -0.4 is 9.60 Å². The summed E-state index contributed by atoms with van der Waals surface area (Å²) >= 11 is 0.527. The van der Waals surface area contributed by atoms with Crippen LogP contribution in [0.15, 0.2) is 27.2 Å². The maximum atomic E-state index is 12.1. The number of aromatic nitrogens is 1. The van der Waals surface area contributed by atoms with E-state index in [4.69, 9.17) is 5.11 Å². The summed E-state index contributed by atoms with van der Waals surface area (Å²) in [4.78, 5) is 23.9. The SMILES string of the molecule is Cc1[nH]c(=O)sc1S(=O)(=O)Nc1ccc(O)c(C(=O)O)c1. The fourth-order valence-electron chi connectivity index (χ4n) is 1.62. The van der Waals surface area contributed by atoms with Gasteiger partial charge in [0.1, 0.15) is 11.3 Å². The largest absolute Gasteiger partial charge is 0.507 e. The summed E-state index contributed by atoms with van der Waals surface area (Å²) in [5.74, 6) is -1.87. The van der Waals surface area contributed by atoms with Crippen LogP contribution in [-0.4, -0.2) is 29.6 Å². The van der Waals surface area contributed by atoms with Crippen LogP contribution in [0.4, 0.5) is 5.69 Å². The Morgan fingerprint density at radius 1 is 1.38 bits per heavy atom. The van der Waals surface area contributed by atoms with Crippen LogP contribution in [0, 0.1) is 6.92 Å². The zero-order valence-electron chi connectivity index (χ0n) is 10.6. The normalized spacial score (nSPS) is 11.3. The molecule has 0 fully saturated rings. The number of hydrogen-bond acceptors (Lipinski definition) is 6. The molecule has 1 aromatic heterocycles. The van der Waals surface area contributed by atoms with Crippen LogP contribution in [0.2, 0.25) is 0 Å². The van der Waals surface area contributed by atoms with Gasteiger partial charge in [-0.25, -0.2) is 13.2 Å². The fourth-order valence-corrected chi connectivity index (χ4v) is 3.97. The van der Waals surface area contributed by atoms with Crippen LogP contribution in [0.3, 0.4) is 0 Å². The number of sulfonamides is 1. The minimum absolute atomic E-state index is 0.0366. The van der Waals surface area contributed by atoms with Crippen molar-refractivity contribution in [2.24, 2.45) is 0 Å². The molecule has 0 atom stereocenters. The van der Waals surface area contributed by atoms with Crippen LogP contribution in [-0.2, 0) is 10.0 Å². The van der Waals surface area contributed by atoms with Gasteiger partial charge in [0.15, 0.2) is 4.21 Å². The molecule has 0 bridgehead atoms. The third-order valence-corrected chi connectivity index (χ3v) is 5.49. The Morgan fingerprint density at radius 2 is 2.05 bits per heavy atom. The number of carboxylic acid groups (broad SMARTS) is 1. The maximum absolute atomic E-state index is 12.1. The number of benzene rings is 1. The highest BCUT2D eigenvalue weighted by Crippen LogP contribution is 2.25. The molecular formula is C11H10N2O6S2. The molecule has 0 unspecified atom stereocenters. The Bertz CT molecular complexity index is 865. The first kappa shape index (κ1) is 15.1. The highest BCUT2D eigenvalue weighted by atomic mass is 32.2. The van der Waals surface area contributed by atoms with E-state index in [-0.39, 0.29) is 15.6 Å². The van der Waals surface area contributed by atoms with E-state index in [1.165, 1.54) is 13.0 Å². The second-order valence-corrected chi connectivity index (χ2v) is 6.93. The van der Waals surface area contributed by atoms with E-state index in [0.29, 0.717) is 11.3 Å². The number of H-pyrrole nitrogens is 1. The van der Waals surface area contributed by atoms with Crippen molar-refractivity contribution in [1.82, 2.24) is 4.98 Å². The first-order chi connectivity index (χ1) is 9.70. The molecule has 1 aromatic carbocycles. The molecule has 21 heavy (non-hydrogen) atoms. The van der Waals surface area contributed by atoms with Gasteiger partial charge in [0.05, 0.1) is 0 Å². The highest BCUT2D eigenvalue weighted by molar-refractivity contribution is 7.94. The summed E-state index contributed by atoms with van der Waals surface area (Å²) in [6.07, 6.45) is 0. The van der Waals surface area contributed by atoms with Crippen molar-refractivity contribution in [3.63, 3.8) is 0 Å². The summed E-state index contributed by atoms with van der Waals surface area (Å²) < 4.78 is 26.2. The fraction of sp³-hybridized carbons (Fsp3) is 0.0909. The number of carboxylic acids is 1. The van der Waals surface area contributed by atoms with E-state index >= 15 is 0 Å². The Kier molecular flexibility index (Phi) is 3.75. The number of hydrogen-bond donors (Lipinski definition) is 4. The lowest BCUT2D eigenvalue weighted by Gasteiger charge is -2.08. The van der Waals surface area contributed by atoms with Gasteiger partial charge >= 0.3 is 10.8 Å². The smallest absolute Gasteiger partial charge is 0.339 e. The van der Waals surface area contributed by atoms with Crippen molar-refractivity contribution in [1.29, 1.82) is 0 Å². The molecule has 2 rings (SSSR count). The average molecular weight is 330 g/mol. The number of aromatic hydroxyl groups is 1. The third kappa shape index (κ3) is 3.06. The number of aryl methyl sites for hydroxylation is 1. The second-order valence-electron chi connectivity index (χ2n) is 4.07. The molecule has 0 aliphatic heterocycles. The molecule has 0 aliphatic rings. The highest BCUT2D eigenvalue weighted by Gasteiger charge is 2.21. The van der Waals surface area contributed by atoms with Gasteiger partial charge in [0.25, 0.3) is 10.0 Å². The summed E-state index contributed by atoms with van der Waals surface area (Å²) in [6.45, 7) is 1.44. The van der Waals surface area contributed by atoms with Crippen molar-refractivity contribution in [3.05, 3.63) is 39.1 Å². The molecule has 8 nitrogen and oxygen atoms in total. The van der Waals surface area contributed by atoms with Crippen molar-refractivity contribution in [2.45, 2.75) is 11.1 Å². The van der Waals surface area contributed by atoms with Gasteiger partial charge in [0, 0.05) is 11.4 Å². The van der Waals surface area contributed by atoms with Crippen molar-refractivity contribution in [3.8, 4) is 5.75 Å². The van der Waals surface area contributed by atoms with Crippen molar-refractivity contribution >= 4 is 33.0 Å². The predicted molar refractivity (Wildman–Crippen MR) is 75.6 cm³/mol. The van der Waals surface area contributed by atoms with Crippen LogP contribution in [0.1, 0.15) is 16.1 Å². The molecule has 2 aromatic rings. The molecule has 10 heteroatoms. The Morgan fingerprint density at radius 3 is 2.57 bits per heavy atom. The number of phenols is 1. The predicted octanol–water partition coefficient (Wildman–Crippen LogP) is 0.949. The van der Waals surface area contributed by atoms with E-state index in [0.717, 1.165) is 12.1 Å². The minimum Gasteiger partial charge on any atom is -0.507 e. The summed E-state index contributed by atoms with van der Waals surface area (Å²) in [7, 11) is -4.02. The minimum atomic E-state index is -4.02. The quantitative estimate of drug-likeness (QED) is 0.616. The molecule has 0 radical (unpaired) electrons. The zero-order valence-corrected chi connectivity index (χ0v) is 12.2. The first-order valence-electron chi connectivity index (χ1n) is 5.49. The number of nitrogens with one attached hydrogen (secondary N) is 2. The van der Waals surface area contributed by atoms with Crippen molar-refractivity contribution < 1.29 is 23.4 Å². The van der Waals surface area contributed by atoms with E-state index in [1.807, 2.05) is 0 Å². The lowest BCUT2D eigenvalue weighted by molar-refractivity contribution is 0.0694. The first-order valence-corrected chi connectivity index (χ1v) is 7.79. The summed E-state index contributed by atoms with van der Waals surface area (Å²) in [5, 5.41) is 18.2.